The van der Waals surface area contributed by atoms with E-state index in [4.69, 9.17) is 19.6 Å². The number of aromatic nitrogens is 1. The molecule has 2 N–H and O–H groups in total. The van der Waals surface area contributed by atoms with E-state index in [1.54, 1.807) is 7.11 Å². The van der Waals surface area contributed by atoms with E-state index in [1.807, 2.05) is 54.8 Å². The van der Waals surface area contributed by atoms with E-state index in [2.05, 4.69) is 4.98 Å². The zero-order valence-corrected chi connectivity index (χ0v) is 15.0. The highest BCUT2D eigenvalue weighted by molar-refractivity contribution is 7.98. The second-order valence-electron chi connectivity index (χ2n) is 5.25. The molecule has 0 aliphatic carbocycles. The summed E-state index contributed by atoms with van der Waals surface area (Å²) in [6.07, 6.45) is 1.94. The first-order chi connectivity index (χ1) is 12.2. The predicted octanol–water partition coefficient (Wildman–Crippen LogP) is 4.08. The van der Waals surface area contributed by atoms with Gasteiger partial charge in [-0.2, -0.15) is 0 Å². The second-order valence-corrected chi connectivity index (χ2v) is 6.01. The Morgan fingerprint density at radius 2 is 1.64 bits per heavy atom. The predicted molar refractivity (Wildman–Crippen MR) is 100 cm³/mol. The SMILES string of the molecule is COc1ccc(-c2nc(SC)oc2-c2ccc(OCCN)cc2)cc1. The fourth-order valence-corrected chi connectivity index (χ4v) is 2.76. The van der Waals surface area contributed by atoms with Crippen molar-refractivity contribution >= 4 is 11.8 Å². The van der Waals surface area contributed by atoms with Crippen molar-refractivity contribution in [3.05, 3.63) is 48.5 Å². The Morgan fingerprint density at radius 3 is 2.24 bits per heavy atom. The monoisotopic (exact) mass is 356 g/mol. The Morgan fingerprint density at radius 1 is 1.00 bits per heavy atom. The molecule has 0 saturated heterocycles. The lowest BCUT2D eigenvalue weighted by Gasteiger charge is -2.06. The number of rotatable bonds is 7. The van der Waals surface area contributed by atoms with E-state index >= 15 is 0 Å². The van der Waals surface area contributed by atoms with Crippen LogP contribution >= 0.6 is 11.8 Å². The van der Waals surface area contributed by atoms with Gasteiger partial charge in [0.15, 0.2) is 5.76 Å². The largest absolute Gasteiger partial charge is 0.497 e. The van der Waals surface area contributed by atoms with Crippen LogP contribution in [0, 0.1) is 0 Å². The van der Waals surface area contributed by atoms with Gasteiger partial charge >= 0.3 is 0 Å². The van der Waals surface area contributed by atoms with E-state index in [0.29, 0.717) is 18.4 Å². The van der Waals surface area contributed by atoms with Crippen LogP contribution in [0.3, 0.4) is 0 Å². The van der Waals surface area contributed by atoms with Crippen LogP contribution in [-0.2, 0) is 0 Å². The lowest BCUT2D eigenvalue weighted by Crippen LogP contribution is -2.10. The number of benzene rings is 2. The standard InChI is InChI=1S/C19H20N2O3S/c1-22-15-7-3-13(4-8-15)17-18(24-19(21-17)25-2)14-5-9-16(10-6-14)23-12-11-20/h3-10H,11-12,20H2,1-2H3. The van der Waals surface area contributed by atoms with Crippen LogP contribution in [0.25, 0.3) is 22.6 Å². The minimum absolute atomic E-state index is 0.489. The zero-order chi connectivity index (χ0) is 17.6. The lowest BCUT2D eigenvalue weighted by molar-refractivity contribution is 0.328. The van der Waals surface area contributed by atoms with Crippen LogP contribution < -0.4 is 15.2 Å². The molecule has 0 unspecified atom stereocenters. The number of oxazole rings is 1. The molecule has 0 spiro atoms. The van der Waals surface area contributed by atoms with Crippen LogP contribution in [0.5, 0.6) is 11.5 Å². The number of ether oxygens (including phenoxy) is 2. The third kappa shape index (κ3) is 3.97. The third-order valence-electron chi connectivity index (χ3n) is 3.65. The van der Waals surface area contributed by atoms with Gasteiger partial charge < -0.3 is 19.6 Å². The van der Waals surface area contributed by atoms with Gasteiger partial charge in [-0.25, -0.2) is 4.98 Å². The summed E-state index contributed by atoms with van der Waals surface area (Å²) in [6.45, 7) is 0.984. The highest BCUT2D eigenvalue weighted by Crippen LogP contribution is 2.36. The van der Waals surface area contributed by atoms with Gasteiger partial charge in [-0.3, -0.25) is 0 Å². The molecule has 1 aromatic heterocycles. The van der Waals surface area contributed by atoms with Crippen molar-refractivity contribution in [2.24, 2.45) is 5.73 Å². The maximum atomic E-state index is 5.94. The molecular formula is C19H20N2O3S. The van der Waals surface area contributed by atoms with Crippen LogP contribution in [0.2, 0.25) is 0 Å². The van der Waals surface area contributed by atoms with Crippen molar-refractivity contribution in [1.82, 2.24) is 4.98 Å². The molecule has 0 atom stereocenters. The Labute approximate surface area is 151 Å². The topological polar surface area (TPSA) is 70.5 Å². The summed E-state index contributed by atoms with van der Waals surface area (Å²) >= 11 is 1.47. The average Bonchev–Trinajstić information content (AvgIpc) is 3.11. The van der Waals surface area contributed by atoms with E-state index in [9.17, 15) is 0 Å². The van der Waals surface area contributed by atoms with E-state index in [1.165, 1.54) is 11.8 Å². The quantitative estimate of drug-likeness (QED) is 0.643. The molecule has 0 bridgehead atoms. The Hall–Kier alpha value is -2.44. The molecule has 0 aliphatic rings. The average molecular weight is 356 g/mol. The first-order valence-corrected chi connectivity index (χ1v) is 9.10. The fourth-order valence-electron chi connectivity index (χ4n) is 2.41. The summed E-state index contributed by atoms with van der Waals surface area (Å²) in [6, 6.07) is 15.5. The molecule has 2 aromatic carbocycles. The molecule has 3 aromatic rings. The summed E-state index contributed by atoms with van der Waals surface area (Å²) < 4.78 is 16.7. The smallest absolute Gasteiger partial charge is 0.256 e. The van der Waals surface area contributed by atoms with Gasteiger partial charge in [0.1, 0.15) is 23.8 Å². The maximum absolute atomic E-state index is 5.94. The highest BCUT2D eigenvalue weighted by Gasteiger charge is 2.17. The van der Waals surface area contributed by atoms with Gasteiger partial charge in [-0.1, -0.05) is 11.8 Å². The Bertz CT molecular complexity index is 814. The first-order valence-electron chi connectivity index (χ1n) is 7.87. The third-order valence-corrected chi connectivity index (χ3v) is 4.17. The van der Waals surface area contributed by atoms with E-state index in [-0.39, 0.29) is 0 Å². The van der Waals surface area contributed by atoms with Gasteiger partial charge in [0.2, 0.25) is 0 Å². The number of methoxy groups -OCH3 is 1. The van der Waals surface area contributed by atoms with Gasteiger partial charge in [0, 0.05) is 17.7 Å². The van der Waals surface area contributed by atoms with Crippen molar-refractivity contribution in [3.8, 4) is 34.1 Å². The van der Waals surface area contributed by atoms with Crippen molar-refractivity contribution in [2.75, 3.05) is 26.5 Å². The molecule has 1 heterocycles. The number of thioether (sulfide) groups is 1. The molecule has 25 heavy (non-hydrogen) atoms. The van der Waals surface area contributed by atoms with Crippen molar-refractivity contribution in [3.63, 3.8) is 0 Å². The second kappa shape index (κ2) is 8.09. The van der Waals surface area contributed by atoms with E-state index in [0.717, 1.165) is 34.1 Å². The van der Waals surface area contributed by atoms with Crippen LogP contribution in [0.4, 0.5) is 0 Å². The summed E-state index contributed by atoms with van der Waals surface area (Å²) in [7, 11) is 1.65. The normalized spacial score (nSPS) is 10.7. The molecule has 5 nitrogen and oxygen atoms in total. The Kier molecular flexibility index (Phi) is 5.63. The first kappa shape index (κ1) is 17.4. The number of hydrogen-bond donors (Lipinski definition) is 1. The summed E-state index contributed by atoms with van der Waals surface area (Å²) in [4.78, 5) is 4.61. The summed E-state index contributed by atoms with van der Waals surface area (Å²) in [5.74, 6) is 2.32. The van der Waals surface area contributed by atoms with Crippen molar-refractivity contribution in [2.45, 2.75) is 5.22 Å². The van der Waals surface area contributed by atoms with E-state index < -0.39 is 0 Å². The molecule has 0 radical (unpaired) electrons. The van der Waals surface area contributed by atoms with Crippen molar-refractivity contribution in [1.29, 1.82) is 0 Å². The van der Waals surface area contributed by atoms with Gasteiger partial charge in [0.25, 0.3) is 5.22 Å². The van der Waals surface area contributed by atoms with Crippen LogP contribution in [0.1, 0.15) is 0 Å². The van der Waals surface area contributed by atoms with Crippen molar-refractivity contribution < 1.29 is 13.9 Å². The fraction of sp³-hybridized carbons (Fsp3) is 0.211. The molecule has 0 saturated carbocycles. The van der Waals surface area contributed by atoms with Gasteiger partial charge in [-0.15, -0.1) is 0 Å². The molecule has 0 fully saturated rings. The number of nitrogens with zero attached hydrogens (tertiary/aromatic N) is 1. The minimum Gasteiger partial charge on any atom is -0.497 e. The maximum Gasteiger partial charge on any atom is 0.256 e. The molecule has 130 valence electrons. The minimum atomic E-state index is 0.489. The molecule has 0 aliphatic heterocycles. The summed E-state index contributed by atoms with van der Waals surface area (Å²) in [5.41, 5.74) is 8.19. The number of hydrogen-bond acceptors (Lipinski definition) is 6. The lowest BCUT2D eigenvalue weighted by atomic mass is 10.1. The molecule has 0 amide bonds. The zero-order valence-electron chi connectivity index (χ0n) is 14.2. The number of nitrogens with two attached hydrogens (primary N) is 1. The van der Waals surface area contributed by atoms with Gasteiger partial charge in [-0.05, 0) is 54.8 Å². The van der Waals surface area contributed by atoms with Crippen LogP contribution in [-0.4, -0.2) is 31.5 Å². The molecule has 3 rings (SSSR count). The molecule has 6 heteroatoms. The molecular weight excluding hydrogens is 336 g/mol. The Balaban J connectivity index is 1.96. The van der Waals surface area contributed by atoms with Gasteiger partial charge in [0.05, 0.1) is 7.11 Å². The van der Waals surface area contributed by atoms with Crippen LogP contribution in [0.15, 0.2) is 58.2 Å². The summed E-state index contributed by atoms with van der Waals surface area (Å²) in [5, 5.41) is 0.629. The highest BCUT2D eigenvalue weighted by atomic mass is 32.2.